The van der Waals surface area contributed by atoms with Gasteiger partial charge in [0.05, 0.1) is 7.11 Å². The van der Waals surface area contributed by atoms with Crippen molar-refractivity contribution in [1.29, 1.82) is 5.41 Å². The summed E-state index contributed by atoms with van der Waals surface area (Å²) in [7, 11) is 1.52. The SMILES string of the molecule is C/C=C(\SC(=N)OC)C(C)C. The highest BCUT2D eigenvalue weighted by atomic mass is 32.2. The van der Waals surface area contributed by atoms with Crippen molar-refractivity contribution in [3.63, 3.8) is 0 Å². The molecular formula is C8H15NOS. The average molecular weight is 173 g/mol. The maximum Gasteiger partial charge on any atom is 0.247 e. The van der Waals surface area contributed by atoms with Gasteiger partial charge in [-0.15, -0.1) is 0 Å². The third-order valence-electron chi connectivity index (χ3n) is 1.25. The summed E-state index contributed by atoms with van der Waals surface area (Å²) < 4.78 is 4.74. The minimum atomic E-state index is 0.256. The third kappa shape index (κ3) is 4.09. The Balaban J connectivity index is 4.00. The van der Waals surface area contributed by atoms with E-state index in [1.54, 1.807) is 0 Å². The van der Waals surface area contributed by atoms with E-state index in [4.69, 9.17) is 10.1 Å². The second-order valence-corrected chi connectivity index (χ2v) is 3.49. The first-order valence-electron chi connectivity index (χ1n) is 3.58. The highest BCUT2D eigenvalue weighted by molar-refractivity contribution is 8.16. The molecule has 0 unspecified atom stereocenters. The molecule has 11 heavy (non-hydrogen) atoms. The fraction of sp³-hybridized carbons (Fsp3) is 0.625. The fourth-order valence-corrected chi connectivity index (χ4v) is 1.31. The molecule has 64 valence electrons. The molecule has 3 heteroatoms. The molecule has 0 aliphatic carbocycles. The Morgan fingerprint density at radius 2 is 2.09 bits per heavy atom. The Bertz CT molecular complexity index is 163. The van der Waals surface area contributed by atoms with Gasteiger partial charge in [0.15, 0.2) is 0 Å². The van der Waals surface area contributed by atoms with Crippen molar-refractivity contribution >= 4 is 17.0 Å². The lowest BCUT2D eigenvalue weighted by Crippen LogP contribution is -1.97. The maximum absolute atomic E-state index is 7.26. The van der Waals surface area contributed by atoms with Gasteiger partial charge >= 0.3 is 0 Å². The van der Waals surface area contributed by atoms with Gasteiger partial charge in [0.1, 0.15) is 0 Å². The van der Waals surface area contributed by atoms with Crippen molar-refractivity contribution in [2.24, 2.45) is 5.92 Å². The molecule has 2 nitrogen and oxygen atoms in total. The summed E-state index contributed by atoms with van der Waals surface area (Å²) in [6.07, 6.45) is 2.02. The van der Waals surface area contributed by atoms with Gasteiger partial charge in [-0.25, -0.2) is 0 Å². The Kier molecular flexibility index (Phi) is 5.03. The van der Waals surface area contributed by atoms with Crippen molar-refractivity contribution in [1.82, 2.24) is 0 Å². The standard InChI is InChI=1S/C8H15NOS/c1-5-7(6(2)3)11-8(9)10-4/h5-6,9H,1-4H3/b7-5-,9-8?. The smallest absolute Gasteiger partial charge is 0.247 e. The largest absolute Gasteiger partial charge is 0.476 e. The van der Waals surface area contributed by atoms with Crippen molar-refractivity contribution < 1.29 is 4.74 Å². The van der Waals surface area contributed by atoms with Crippen LogP contribution >= 0.6 is 11.8 Å². The lowest BCUT2D eigenvalue weighted by Gasteiger charge is -2.09. The van der Waals surface area contributed by atoms with Gasteiger partial charge in [-0.2, -0.15) is 0 Å². The number of nitrogens with one attached hydrogen (secondary N) is 1. The molecule has 0 aliphatic rings. The van der Waals surface area contributed by atoms with Crippen LogP contribution in [0.3, 0.4) is 0 Å². The van der Waals surface area contributed by atoms with Crippen LogP contribution in [0.2, 0.25) is 0 Å². The van der Waals surface area contributed by atoms with Gasteiger partial charge in [-0.05, 0) is 29.5 Å². The molecular weight excluding hydrogens is 158 g/mol. The number of rotatable bonds is 2. The zero-order chi connectivity index (χ0) is 8.85. The summed E-state index contributed by atoms with van der Waals surface area (Å²) in [6.45, 7) is 6.18. The zero-order valence-electron chi connectivity index (χ0n) is 7.47. The van der Waals surface area contributed by atoms with Gasteiger partial charge in [0, 0.05) is 0 Å². The highest BCUT2D eigenvalue weighted by Crippen LogP contribution is 2.24. The quantitative estimate of drug-likeness (QED) is 0.514. The summed E-state index contributed by atoms with van der Waals surface area (Å²) in [4.78, 5) is 1.18. The van der Waals surface area contributed by atoms with E-state index in [1.165, 1.54) is 23.8 Å². The van der Waals surface area contributed by atoms with Crippen molar-refractivity contribution in [3.8, 4) is 0 Å². The number of hydrogen-bond donors (Lipinski definition) is 1. The number of methoxy groups -OCH3 is 1. The Morgan fingerprint density at radius 3 is 2.36 bits per heavy atom. The number of thioether (sulfide) groups is 1. The fourth-order valence-electron chi connectivity index (χ4n) is 0.659. The number of allylic oxidation sites excluding steroid dienone is 2. The van der Waals surface area contributed by atoms with E-state index in [2.05, 4.69) is 13.8 Å². The first kappa shape index (κ1) is 10.6. The zero-order valence-corrected chi connectivity index (χ0v) is 8.29. The Morgan fingerprint density at radius 1 is 1.55 bits per heavy atom. The van der Waals surface area contributed by atoms with Gasteiger partial charge in [-0.1, -0.05) is 19.9 Å². The van der Waals surface area contributed by atoms with Crippen LogP contribution in [0, 0.1) is 11.3 Å². The normalized spacial score (nSPS) is 11.9. The summed E-state index contributed by atoms with van der Waals surface area (Å²) in [5, 5.41) is 7.52. The molecule has 0 saturated heterocycles. The van der Waals surface area contributed by atoms with Crippen LogP contribution in [0.1, 0.15) is 20.8 Å². The van der Waals surface area contributed by atoms with Crippen LogP contribution in [0.4, 0.5) is 0 Å². The molecule has 0 fully saturated rings. The lowest BCUT2D eigenvalue weighted by molar-refractivity contribution is 0.413. The third-order valence-corrected chi connectivity index (χ3v) is 2.54. The van der Waals surface area contributed by atoms with Crippen LogP contribution in [-0.4, -0.2) is 12.3 Å². The van der Waals surface area contributed by atoms with E-state index >= 15 is 0 Å². The van der Waals surface area contributed by atoms with Gasteiger partial charge in [0.25, 0.3) is 0 Å². The number of hydrogen-bond acceptors (Lipinski definition) is 3. The molecule has 0 heterocycles. The van der Waals surface area contributed by atoms with Crippen LogP contribution < -0.4 is 0 Å². The van der Waals surface area contributed by atoms with E-state index in [9.17, 15) is 0 Å². The minimum absolute atomic E-state index is 0.256. The van der Waals surface area contributed by atoms with Crippen LogP contribution in [0.15, 0.2) is 11.0 Å². The molecule has 0 spiro atoms. The van der Waals surface area contributed by atoms with Crippen LogP contribution in [0.5, 0.6) is 0 Å². The van der Waals surface area contributed by atoms with E-state index in [0.717, 1.165) is 0 Å². The topological polar surface area (TPSA) is 33.1 Å². The predicted octanol–water partition coefficient (Wildman–Crippen LogP) is 2.86. The van der Waals surface area contributed by atoms with Crippen LogP contribution in [0.25, 0.3) is 0 Å². The van der Waals surface area contributed by atoms with E-state index < -0.39 is 0 Å². The molecule has 0 atom stereocenters. The molecule has 0 rings (SSSR count). The predicted molar refractivity (Wildman–Crippen MR) is 50.9 cm³/mol. The molecule has 0 bridgehead atoms. The summed E-state index contributed by atoms with van der Waals surface area (Å²) >= 11 is 1.37. The van der Waals surface area contributed by atoms with Crippen molar-refractivity contribution in [2.75, 3.05) is 7.11 Å². The molecule has 0 amide bonds. The molecule has 0 saturated carbocycles. The Labute approximate surface area is 72.5 Å². The molecule has 0 aromatic heterocycles. The second-order valence-electron chi connectivity index (χ2n) is 2.44. The molecule has 0 radical (unpaired) electrons. The van der Waals surface area contributed by atoms with E-state index in [0.29, 0.717) is 5.92 Å². The van der Waals surface area contributed by atoms with E-state index in [-0.39, 0.29) is 5.23 Å². The summed E-state index contributed by atoms with van der Waals surface area (Å²) in [5.74, 6) is 0.473. The Hall–Kier alpha value is -0.440. The van der Waals surface area contributed by atoms with Gasteiger partial charge in [0.2, 0.25) is 5.23 Å². The maximum atomic E-state index is 7.26. The first-order valence-corrected chi connectivity index (χ1v) is 4.40. The van der Waals surface area contributed by atoms with Crippen molar-refractivity contribution in [2.45, 2.75) is 20.8 Å². The van der Waals surface area contributed by atoms with Crippen LogP contribution in [-0.2, 0) is 4.74 Å². The molecule has 1 N–H and O–H groups in total. The second kappa shape index (κ2) is 5.24. The monoisotopic (exact) mass is 173 g/mol. The lowest BCUT2D eigenvalue weighted by atomic mass is 10.2. The van der Waals surface area contributed by atoms with Crippen molar-refractivity contribution in [3.05, 3.63) is 11.0 Å². The highest BCUT2D eigenvalue weighted by Gasteiger charge is 2.05. The summed E-state index contributed by atoms with van der Waals surface area (Å²) in [5.41, 5.74) is 0. The first-order chi connectivity index (χ1) is 5.11. The molecule has 0 aliphatic heterocycles. The summed E-state index contributed by atoms with van der Waals surface area (Å²) in [6, 6.07) is 0. The minimum Gasteiger partial charge on any atom is -0.476 e. The average Bonchev–Trinajstić information content (AvgIpc) is 1.99. The van der Waals surface area contributed by atoms with Gasteiger partial charge < -0.3 is 4.74 Å². The van der Waals surface area contributed by atoms with Gasteiger partial charge in [-0.3, -0.25) is 5.41 Å². The molecule has 0 aromatic rings. The molecule has 0 aromatic carbocycles. The number of ether oxygens (including phenoxy) is 1. The van der Waals surface area contributed by atoms with E-state index in [1.807, 2.05) is 13.0 Å².